The zero-order valence-electron chi connectivity index (χ0n) is 13.1. The van der Waals surface area contributed by atoms with E-state index in [1.54, 1.807) is 0 Å². The molecule has 1 fully saturated rings. The molecule has 0 saturated heterocycles. The van der Waals surface area contributed by atoms with Crippen LogP contribution in [0.1, 0.15) is 32.0 Å². The fourth-order valence-corrected chi connectivity index (χ4v) is 3.37. The van der Waals surface area contributed by atoms with Crippen LogP contribution in [0.15, 0.2) is 24.3 Å². The molecule has 1 aliphatic rings. The van der Waals surface area contributed by atoms with Gasteiger partial charge in [-0.2, -0.15) is 0 Å². The third-order valence-corrected chi connectivity index (χ3v) is 4.54. The third-order valence-electron chi connectivity index (χ3n) is 4.54. The molecule has 1 saturated carbocycles. The number of imidazole rings is 1. The summed E-state index contributed by atoms with van der Waals surface area (Å²) in [4.78, 5) is 16.8. The Morgan fingerprint density at radius 1 is 1.41 bits per heavy atom. The Balaban J connectivity index is 1.61. The summed E-state index contributed by atoms with van der Waals surface area (Å²) in [6.45, 7) is 3.64. The Kier molecular flexibility index (Phi) is 4.43. The van der Waals surface area contributed by atoms with Gasteiger partial charge in [-0.15, -0.1) is 0 Å². The maximum atomic E-state index is 12.1. The summed E-state index contributed by atoms with van der Waals surface area (Å²) < 4.78 is 2.22. The van der Waals surface area contributed by atoms with Gasteiger partial charge in [0.15, 0.2) is 0 Å². The van der Waals surface area contributed by atoms with Crippen molar-refractivity contribution in [2.45, 2.75) is 45.2 Å². The number of fused-ring (bicyclic) bond motifs is 1. The minimum Gasteiger partial charge on any atom is -0.355 e. The van der Waals surface area contributed by atoms with Crippen LogP contribution in [0.25, 0.3) is 11.0 Å². The van der Waals surface area contributed by atoms with Gasteiger partial charge in [-0.3, -0.25) is 4.79 Å². The van der Waals surface area contributed by atoms with Crippen LogP contribution in [0, 0.1) is 5.92 Å². The molecular formula is C17H24N4O. The average Bonchev–Trinajstić information content (AvgIpc) is 3.10. The molecule has 0 aliphatic heterocycles. The molecule has 3 rings (SSSR count). The molecule has 22 heavy (non-hydrogen) atoms. The molecule has 1 aromatic carbocycles. The minimum absolute atomic E-state index is 0.0972. The number of hydrogen-bond acceptors (Lipinski definition) is 3. The molecule has 0 bridgehead atoms. The molecule has 2 unspecified atom stereocenters. The highest BCUT2D eigenvalue weighted by Gasteiger charge is 2.27. The second kappa shape index (κ2) is 6.48. The van der Waals surface area contributed by atoms with E-state index < -0.39 is 0 Å². The molecule has 1 heterocycles. The predicted molar refractivity (Wildman–Crippen MR) is 87.4 cm³/mol. The van der Waals surface area contributed by atoms with Crippen LogP contribution < -0.4 is 11.1 Å². The number of benzene rings is 1. The van der Waals surface area contributed by atoms with Crippen molar-refractivity contribution in [1.82, 2.24) is 14.9 Å². The van der Waals surface area contributed by atoms with Gasteiger partial charge in [0.25, 0.3) is 0 Å². The number of rotatable bonds is 5. The Labute approximate surface area is 130 Å². The number of carbonyl (C=O) groups excluding carboxylic acids is 1. The van der Waals surface area contributed by atoms with Gasteiger partial charge in [-0.25, -0.2) is 4.98 Å². The molecule has 1 amide bonds. The van der Waals surface area contributed by atoms with E-state index in [-0.39, 0.29) is 17.9 Å². The Morgan fingerprint density at radius 3 is 2.95 bits per heavy atom. The lowest BCUT2D eigenvalue weighted by Gasteiger charge is -2.11. The molecule has 5 nitrogen and oxygen atoms in total. The minimum atomic E-state index is 0.0972. The van der Waals surface area contributed by atoms with E-state index in [1.807, 2.05) is 18.2 Å². The van der Waals surface area contributed by atoms with E-state index in [2.05, 4.69) is 27.9 Å². The molecule has 0 radical (unpaired) electrons. The highest BCUT2D eigenvalue weighted by atomic mass is 16.1. The summed E-state index contributed by atoms with van der Waals surface area (Å²) in [6.07, 6.45) is 3.45. The van der Waals surface area contributed by atoms with Crippen LogP contribution in [0.5, 0.6) is 0 Å². The van der Waals surface area contributed by atoms with Crippen LogP contribution in [0.3, 0.4) is 0 Å². The van der Waals surface area contributed by atoms with Gasteiger partial charge in [-0.05, 0) is 38.3 Å². The normalized spacial score (nSPS) is 21.4. The van der Waals surface area contributed by atoms with Crippen molar-refractivity contribution in [2.75, 3.05) is 6.54 Å². The summed E-state index contributed by atoms with van der Waals surface area (Å²) in [5.74, 6) is 1.28. The Morgan fingerprint density at radius 2 is 2.23 bits per heavy atom. The SMILES string of the molecule is CCn1c(CCNC(=O)C2CCC(N)C2)nc2ccccc21. The zero-order valence-corrected chi connectivity index (χ0v) is 13.1. The van der Waals surface area contributed by atoms with Gasteiger partial charge < -0.3 is 15.6 Å². The number of hydrogen-bond donors (Lipinski definition) is 2. The predicted octanol–water partition coefficient (Wildman–Crippen LogP) is 1.84. The lowest BCUT2D eigenvalue weighted by Crippen LogP contribution is -2.32. The average molecular weight is 300 g/mol. The highest BCUT2D eigenvalue weighted by Crippen LogP contribution is 2.24. The van der Waals surface area contributed by atoms with Gasteiger partial charge in [0.05, 0.1) is 11.0 Å². The van der Waals surface area contributed by atoms with Crippen molar-refractivity contribution in [3.8, 4) is 0 Å². The monoisotopic (exact) mass is 300 g/mol. The van der Waals surface area contributed by atoms with Crippen LogP contribution in [0.2, 0.25) is 0 Å². The fourth-order valence-electron chi connectivity index (χ4n) is 3.37. The van der Waals surface area contributed by atoms with Crippen LogP contribution in [-0.2, 0) is 17.8 Å². The quantitative estimate of drug-likeness (QED) is 0.885. The van der Waals surface area contributed by atoms with Gasteiger partial charge in [0, 0.05) is 31.5 Å². The van der Waals surface area contributed by atoms with Crippen molar-refractivity contribution < 1.29 is 4.79 Å². The van der Waals surface area contributed by atoms with Crippen molar-refractivity contribution >= 4 is 16.9 Å². The van der Waals surface area contributed by atoms with Crippen molar-refractivity contribution in [2.24, 2.45) is 11.7 Å². The van der Waals surface area contributed by atoms with E-state index in [9.17, 15) is 4.79 Å². The van der Waals surface area contributed by atoms with E-state index in [4.69, 9.17) is 5.73 Å². The number of carbonyl (C=O) groups is 1. The smallest absolute Gasteiger partial charge is 0.223 e. The first kappa shape index (κ1) is 15.0. The van der Waals surface area contributed by atoms with E-state index >= 15 is 0 Å². The molecule has 2 aromatic rings. The molecule has 5 heteroatoms. The lowest BCUT2D eigenvalue weighted by atomic mass is 10.1. The number of aryl methyl sites for hydroxylation is 1. The summed E-state index contributed by atoms with van der Waals surface area (Å²) in [7, 11) is 0. The molecular weight excluding hydrogens is 276 g/mol. The van der Waals surface area contributed by atoms with Crippen molar-refractivity contribution in [1.29, 1.82) is 0 Å². The third kappa shape index (κ3) is 2.99. The standard InChI is InChI=1S/C17H24N4O/c1-2-21-15-6-4-3-5-14(15)20-16(21)9-10-19-17(22)12-7-8-13(18)11-12/h3-6,12-13H,2,7-11,18H2,1H3,(H,19,22). The second-order valence-corrected chi connectivity index (χ2v) is 6.07. The van der Waals surface area contributed by atoms with Crippen molar-refractivity contribution in [3.63, 3.8) is 0 Å². The Hall–Kier alpha value is -1.88. The molecule has 1 aliphatic carbocycles. The molecule has 2 atom stereocenters. The van der Waals surface area contributed by atoms with Crippen LogP contribution in [0.4, 0.5) is 0 Å². The summed E-state index contributed by atoms with van der Waals surface area (Å²) in [5.41, 5.74) is 8.05. The largest absolute Gasteiger partial charge is 0.355 e. The maximum Gasteiger partial charge on any atom is 0.223 e. The highest BCUT2D eigenvalue weighted by molar-refractivity contribution is 5.79. The second-order valence-electron chi connectivity index (χ2n) is 6.07. The van der Waals surface area contributed by atoms with Crippen molar-refractivity contribution in [3.05, 3.63) is 30.1 Å². The first-order chi connectivity index (χ1) is 10.7. The molecule has 118 valence electrons. The van der Waals surface area contributed by atoms with Crippen LogP contribution in [-0.4, -0.2) is 28.0 Å². The summed E-state index contributed by atoms with van der Waals surface area (Å²) >= 11 is 0. The molecule has 1 aromatic heterocycles. The number of nitrogens with two attached hydrogens (primary N) is 1. The first-order valence-electron chi connectivity index (χ1n) is 8.16. The van der Waals surface area contributed by atoms with Gasteiger partial charge in [0.2, 0.25) is 5.91 Å². The summed E-state index contributed by atoms with van der Waals surface area (Å²) in [5, 5.41) is 3.04. The maximum absolute atomic E-state index is 12.1. The zero-order chi connectivity index (χ0) is 15.5. The number of nitrogens with zero attached hydrogens (tertiary/aromatic N) is 2. The van der Waals surface area contributed by atoms with Gasteiger partial charge >= 0.3 is 0 Å². The molecule has 0 spiro atoms. The number of amides is 1. The summed E-state index contributed by atoms with van der Waals surface area (Å²) in [6, 6.07) is 8.35. The van der Waals surface area contributed by atoms with Crippen LogP contribution >= 0.6 is 0 Å². The first-order valence-corrected chi connectivity index (χ1v) is 8.16. The van der Waals surface area contributed by atoms with E-state index in [1.165, 1.54) is 0 Å². The van der Waals surface area contributed by atoms with E-state index in [0.717, 1.165) is 49.1 Å². The lowest BCUT2D eigenvalue weighted by molar-refractivity contribution is -0.124. The number of nitrogens with one attached hydrogen (secondary N) is 1. The van der Waals surface area contributed by atoms with Gasteiger partial charge in [-0.1, -0.05) is 12.1 Å². The van der Waals surface area contributed by atoms with E-state index in [0.29, 0.717) is 6.54 Å². The molecule has 3 N–H and O–H groups in total. The Bertz CT molecular complexity index is 664. The number of aromatic nitrogens is 2. The number of para-hydroxylation sites is 2. The van der Waals surface area contributed by atoms with Gasteiger partial charge in [0.1, 0.15) is 5.82 Å². The topological polar surface area (TPSA) is 72.9 Å². The fraction of sp³-hybridized carbons (Fsp3) is 0.529.